The Morgan fingerprint density at radius 1 is 1.21 bits per heavy atom. The molecular weight excluding hydrogens is 285 g/mol. The number of nitrogens with one attached hydrogen (secondary N) is 1. The fourth-order valence-corrected chi connectivity index (χ4v) is 1.66. The van der Waals surface area contributed by atoms with Gasteiger partial charge in [0.25, 0.3) is 0 Å². The standard InChI is InChI=1S/C14H21Cl2NO2/c1-9(2)10(3)17-7-11(18)8-19-12-4-5-13(15)14(16)6-12/h4-6,9-11,17-18H,7-8H2,1-3H3. The van der Waals surface area contributed by atoms with Gasteiger partial charge in [-0.05, 0) is 25.0 Å². The minimum atomic E-state index is -0.560. The molecule has 19 heavy (non-hydrogen) atoms. The number of aliphatic hydroxyl groups excluding tert-OH is 1. The SMILES string of the molecule is CC(C)C(C)NCC(O)COc1ccc(Cl)c(Cl)c1. The molecule has 0 fully saturated rings. The highest BCUT2D eigenvalue weighted by Crippen LogP contribution is 2.26. The number of ether oxygens (including phenoxy) is 1. The summed E-state index contributed by atoms with van der Waals surface area (Å²) >= 11 is 11.7. The molecule has 3 nitrogen and oxygen atoms in total. The van der Waals surface area contributed by atoms with Crippen LogP contribution in [0.3, 0.4) is 0 Å². The van der Waals surface area contributed by atoms with Gasteiger partial charge in [0.1, 0.15) is 18.5 Å². The molecule has 0 aliphatic heterocycles. The summed E-state index contributed by atoms with van der Waals surface area (Å²) in [7, 11) is 0. The second-order valence-corrected chi connectivity index (χ2v) is 5.80. The molecule has 2 N–H and O–H groups in total. The second kappa shape index (κ2) is 7.95. The van der Waals surface area contributed by atoms with Gasteiger partial charge in [0, 0.05) is 18.7 Å². The molecule has 0 saturated carbocycles. The van der Waals surface area contributed by atoms with Gasteiger partial charge in [-0.2, -0.15) is 0 Å². The van der Waals surface area contributed by atoms with E-state index < -0.39 is 6.10 Å². The van der Waals surface area contributed by atoms with E-state index in [1.807, 2.05) is 0 Å². The Kier molecular flexibility index (Phi) is 6.94. The second-order valence-electron chi connectivity index (χ2n) is 4.98. The summed E-state index contributed by atoms with van der Waals surface area (Å²) in [5.41, 5.74) is 0. The normalized spacial score (nSPS) is 14.5. The Labute approximate surface area is 124 Å². The van der Waals surface area contributed by atoms with Crippen LogP contribution in [0.25, 0.3) is 0 Å². The molecule has 2 atom stereocenters. The van der Waals surface area contributed by atoms with Gasteiger partial charge in [-0.3, -0.25) is 0 Å². The summed E-state index contributed by atoms with van der Waals surface area (Å²) in [6, 6.07) is 5.40. The molecule has 1 aromatic carbocycles. The minimum absolute atomic E-state index is 0.218. The zero-order valence-corrected chi connectivity index (χ0v) is 13.0. The lowest BCUT2D eigenvalue weighted by molar-refractivity contribution is 0.102. The maximum atomic E-state index is 9.82. The number of aliphatic hydroxyl groups is 1. The van der Waals surface area contributed by atoms with Gasteiger partial charge in [-0.15, -0.1) is 0 Å². The van der Waals surface area contributed by atoms with Gasteiger partial charge in [0.05, 0.1) is 10.0 Å². The van der Waals surface area contributed by atoms with Crippen molar-refractivity contribution in [2.45, 2.75) is 32.9 Å². The first-order chi connectivity index (χ1) is 8.90. The average molecular weight is 306 g/mol. The van der Waals surface area contributed by atoms with Gasteiger partial charge in [0.15, 0.2) is 0 Å². The van der Waals surface area contributed by atoms with Crippen molar-refractivity contribution in [3.8, 4) is 5.75 Å². The number of halogens is 2. The van der Waals surface area contributed by atoms with E-state index in [1.54, 1.807) is 18.2 Å². The topological polar surface area (TPSA) is 41.5 Å². The lowest BCUT2D eigenvalue weighted by atomic mass is 10.1. The number of rotatable bonds is 7. The van der Waals surface area contributed by atoms with Crippen LogP contribution in [0.15, 0.2) is 18.2 Å². The van der Waals surface area contributed by atoms with Gasteiger partial charge in [0.2, 0.25) is 0 Å². The fourth-order valence-electron chi connectivity index (χ4n) is 1.38. The van der Waals surface area contributed by atoms with E-state index in [1.165, 1.54) is 0 Å². The largest absolute Gasteiger partial charge is 0.491 e. The van der Waals surface area contributed by atoms with Crippen molar-refractivity contribution < 1.29 is 9.84 Å². The van der Waals surface area contributed by atoms with E-state index in [0.717, 1.165) is 0 Å². The lowest BCUT2D eigenvalue weighted by Crippen LogP contribution is -2.38. The maximum Gasteiger partial charge on any atom is 0.121 e. The molecule has 0 aromatic heterocycles. The van der Waals surface area contributed by atoms with E-state index in [2.05, 4.69) is 26.1 Å². The van der Waals surface area contributed by atoms with Crippen molar-refractivity contribution in [1.29, 1.82) is 0 Å². The summed E-state index contributed by atoms with van der Waals surface area (Å²) in [4.78, 5) is 0. The predicted molar refractivity (Wildman–Crippen MR) is 80.3 cm³/mol. The van der Waals surface area contributed by atoms with Crippen LogP contribution in [0.1, 0.15) is 20.8 Å². The van der Waals surface area contributed by atoms with Crippen LogP contribution in [0.2, 0.25) is 10.0 Å². The zero-order chi connectivity index (χ0) is 14.4. The quantitative estimate of drug-likeness (QED) is 0.811. The van der Waals surface area contributed by atoms with Crippen molar-refractivity contribution in [2.24, 2.45) is 5.92 Å². The van der Waals surface area contributed by atoms with Crippen LogP contribution in [0, 0.1) is 5.92 Å². The smallest absolute Gasteiger partial charge is 0.121 e. The number of benzene rings is 1. The van der Waals surface area contributed by atoms with E-state index in [0.29, 0.717) is 34.3 Å². The molecule has 0 spiro atoms. The van der Waals surface area contributed by atoms with E-state index in [4.69, 9.17) is 27.9 Å². The molecule has 0 heterocycles. The summed E-state index contributed by atoms with van der Waals surface area (Å²) in [6.07, 6.45) is -0.560. The van der Waals surface area contributed by atoms with Crippen LogP contribution in [-0.2, 0) is 0 Å². The highest BCUT2D eigenvalue weighted by atomic mass is 35.5. The summed E-state index contributed by atoms with van der Waals surface area (Å²) in [5, 5.41) is 14.0. The Balaban J connectivity index is 2.33. The first-order valence-corrected chi connectivity index (χ1v) is 7.15. The molecule has 0 bridgehead atoms. The van der Waals surface area contributed by atoms with E-state index in [-0.39, 0.29) is 6.61 Å². The highest BCUT2D eigenvalue weighted by molar-refractivity contribution is 6.42. The third-order valence-corrected chi connectivity index (χ3v) is 3.75. The maximum absolute atomic E-state index is 9.82. The molecule has 2 unspecified atom stereocenters. The Bertz CT molecular complexity index is 399. The highest BCUT2D eigenvalue weighted by Gasteiger charge is 2.10. The van der Waals surface area contributed by atoms with Crippen molar-refractivity contribution in [2.75, 3.05) is 13.2 Å². The molecule has 5 heteroatoms. The van der Waals surface area contributed by atoms with Crippen LogP contribution in [-0.4, -0.2) is 30.4 Å². The summed E-state index contributed by atoms with van der Waals surface area (Å²) in [5.74, 6) is 1.13. The molecular formula is C14H21Cl2NO2. The Morgan fingerprint density at radius 2 is 1.89 bits per heavy atom. The third kappa shape index (κ3) is 6.00. The van der Waals surface area contributed by atoms with Crippen molar-refractivity contribution in [1.82, 2.24) is 5.32 Å². The molecule has 1 aromatic rings. The van der Waals surface area contributed by atoms with Crippen LogP contribution >= 0.6 is 23.2 Å². The molecule has 0 aliphatic rings. The first-order valence-electron chi connectivity index (χ1n) is 6.39. The number of hydrogen-bond acceptors (Lipinski definition) is 3. The Morgan fingerprint density at radius 3 is 2.47 bits per heavy atom. The lowest BCUT2D eigenvalue weighted by Gasteiger charge is -2.20. The molecule has 1 rings (SSSR count). The molecule has 0 aliphatic carbocycles. The van der Waals surface area contributed by atoms with Crippen LogP contribution in [0.4, 0.5) is 0 Å². The molecule has 0 amide bonds. The fraction of sp³-hybridized carbons (Fsp3) is 0.571. The van der Waals surface area contributed by atoms with E-state index in [9.17, 15) is 5.11 Å². The van der Waals surface area contributed by atoms with Gasteiger partial charge >= 0.3 is 0 Å². The third-order valence-electron chi connectivity index (χ3n) is 3.01. The summed E-state index contributed by atoms with van der Waals surface area (Å²) in [6.45, 7) is 7.08. The monoisotopic (exact) mass is 305 g/mol. The van der Waals surface area contributed by atoms with Gasteiger partial charge < -0.3 is 15.2 Å². The molecule has 108 valence electrons. The summed E-state index contributed by atoms with van der Waals surface area (Å²) < 4.78 is 5.46. The zero-order valence-electron chi connectivity index (χ0n) is 11.5. The van der Waals surface area contributed by atoms with Crippen LogP contribution in [0.5, 0.6) is 5.75 Å². The average Bonchev–Trinajstić information content (AvgIpc) is 2.37. The minimum Gasteiger partial charge on any atom is -0.491 e. The first kappa shape index (κ1) is 16.6. The van der Waals surface area contributed by atoms with Gasteiger partial charge in [-0.25, -0.2) is 0 Å². The van der Waals surface area contributed by atoms with Gasteiger partial charge in [-0.1, -0.05) is 37.0 Å². The Hall–Kier alpha value is -0.480. The van der Waals surface area contributed by atoms with Crippen molar-refractivity contribution in [3.63, 3.8) is 0 Å². The molecule has 0 radical (unpaired) electrons. The van der Waals surface area contributed by atoms with E-state index >= 15 is 0 Å². The number of hydrogen-bond donors (Lipinski definition) is 2. The van der Waals surface area contributed by atoms with Crippen molar-refractivity contribution in [3.05, 3.63) is 28.2 Å². The van der Waals surface area contributed by atoms with Crippen molar-refractivity contribution >= 4 is 23.2 Å². The van der Waals surface area contributed by atoms with Crippen LogP contribution < -0.4 is 10.1 Å². The molecule has 0 saturated heterocycles. The predicted octanol–water partition coefficient (Wildman–Crippen LogP) is 3.37.